The second-order valence-corrected chi connectivity index (χ2v) is 4.47. The molecule has 1 fully saturated rings. The van der Waals surface area contributed by atoms with Crippen LogP contribution in [-0.4, -0.2) is 47.8 Å². The second kappa shape index (κ2) is 5.47. The molecule has 0 radical (unpaired) electrons. The van der Waals surface area contributed by atoms with E-state index >= 15 is 0 Å². The monoisotopic (exact) mass is 204 g/mol. The summed E-state index contributed by atoms with van der Waals surface area (Å²) in [6.45, 7) is 3.71. The highest BCUT2D eigenvalue weighted by molar-refractivity contribution is 8.00. The van der Waals surface area contributed by atoms with E-state index in [1.54, 1.807) is 18.7 Å². The molecular formula is C8H16N2O2S. The van der Waals surface area contributed by atoms with Crippen LogP contribution in [0.3, 0.4) is 0 Å². The van der Waals surface area contributed by atoms with E-state index in [2.05, 4.69) is 10.6 Å². The van der Waals surface area contributed by atoms with Crippen LogP contribution in [0, 0.1) is 0 Å². The van der Waals surface area contributed by atoms with Gasteiger partial charge in [-0.2, -0.15) is 0 Å². The SMILES string of the molecule is C[C@@H](O)CNC(=O)C1CNCCS1. The molecule has 0 aromatic rings. The molecule has 13 heavy (non-hydrogen) atoms. The summed E-state index contributed by atoms with van der Waals surface area (Å²) in [5, 5.41) is 14.8. The molecule has 76 valence electrons. The fraction of sp³-hybridized carbons (Fsp3) is 0.875. The molecule has 0 aromatic carbocycles. The Bertz CT molecular complexity index is 170. The van der Waals surface area contributed by atoms with E-state index in [-0.39, 0.29) is 11.2 Å². The Labute approximate surface area is 82.5 Å². The molecule has 1 aliphatic rings. The summed E-state index contributed by atoms with van der Waals surface area (Å²) in [4.78, 5) is 11.4. The molecular weight excluding hydrogens is 188 g/mol. The molecule has 1 rings (SSSR count). The van der Waals surface area contributed by atoms with Crippen molar-refractivity contribution in [2.45, 2.75) is 18.3 Å². The molecule has 0 aromatic heterocycles. The molecule has 0 bridgehead atoms. The molecule has 5 heteroatoms. The van der Waals surface area contributed by atoms with Crippen LogP contribution in [0.15, 0.2) is 0 Å². The van der Waals surface area contributed by atoms with Gasteiger partial charge in [0.1, 0.15) is 0 Å². The summed E-state index contributed by atoms with van der Waals surface area (Å²) >= 11 is 1.67. The van der Waals surface area contributed by atoms with Crippen LogP contribution in [0.25, 0.3) is 0 Å². The van der Waals surface area contributed by atoms with Crippen LogP contribution in [0.4, 0.5) is 0 Å². The number of carbonyl (C=O) groups is 1. The maximum absolute atomic E-state index is 11.4. The Kier molecular flexibility index (Phi) is 4.55. The van der Waals surface area contributed by atoms with Gasteiger partial charge in [0.05, 0.1) is 11.4 Å². The number of amides is 1. The fourth-order valence-corrected chi connectivity index (χ4v) is 2.11. The summed E-state index contributed by atoms with van der Waals surface area (Å²) in [6, 6.07) is 0. The summed E-state index contributed by atoms with van der Waals surface area (Å²) in [5.74, 6) is 1.00. The van der Waals surface area contributed by atoms with Crippen molar-refractivity contribution in [1.29, 1.82) is 0 Å². The number of nitrogens with one attached hydrogen (secondary N) is 2. The van der Waals surface area contributed by atoms with Crippen LogP contribution in [0.5, 0.6) is 0 Å². The van der Waals surface area contributed by atoms with Gasteiger partial charge < -0.3 is 15.7 Å². The van der Waals surface area contributed by atoms with Crippen molar-refractivity contribution in [3.05, 3.63) is 0 Å². The van der Waals surface area contributed by atoms with Gasteiger partial charge in [0.15, 0.2) is 0 Å². The topological polar surface area (TPSA) is 61.4 Å². The maximum Gasteiger partial charge on any atom is 0.234 e. The van der Waals surface area contributed by atoms with Crippen molar-refractivity contribution in [2.75, 3.05) is 25.4 Å². The molecule has 2 atom stereocenters. The van der Waals surface area contributed by atoms with Gasteiger partial charge in [0.25, 0.3) is 0 Å². The number of aliphatic hydroxyl groups excluding tert-OH is 1. The summed E-state index contributed by atoms with van der Waals surface area (Å²) < 4.78 is 0. The van der Waals surface area contributed by atoms with Crippen molar-refractivity contribution in [3.8, 4) is 0 Å². The molecule has 0 aliphatic carbocycles. The molecule has 0 saturated carbocycles. The van der Waals surface area contributed by atoms with E-state index in [4.69, 9.17) is 5.11 Å². The normalized spacial score (nSPS) is 25.2. The van der Waals surface area contributed by atoms with Crippen molar-refractivity contribution in [2.24, 2.45) is 0 Å². The van der Waals surface area contributed by atoms with Crippen molar-refractivity contribution >= 4 is 17.7 Å². The smallest absolute Gasteiger partial charge is 0.234 e. The van der Waals surface area contributed by atoms with E-state index in [9.17, 15) is 4.79 Å². The number of hydrogen-bond acceptors (Lipinski definition) is 4. The van der Waals surface area contributed by atoms with Gasteiger partial charge in [-0.05, 0) is 6.92 Å². The maximum atomic E-state index is 11.4. The standard InChI is InChI=1S/C8H16N2O2S/c1-6(11)4-10-8(12)7-5-9-2-3-13-7/h6-7,9,11H,2-5H2,1H3,(H,10,12)/t6-,7?/m1/s1. The lowest BCUT2D eigenvalue weighted by Gasteiger charge is -2.21. The lowest BCUT2D eigenvalue weighted by molar-refractivity contribution is -0.120. The van der Waals surface area contributed by atoms with Crippen molar-refractivity contribution in [3.63, 3.8) is 0 Å². The lowest BCUT2D eigenvalue weighted by Crippen LogP contribution is -2.44. The summed E-state index contributed by atoms with van der Waals surface area (Å²) in [7, 11) is 0. The minimum atomic E-state index is -0.467. The Morgan fingerprint density at radius 1 is 1.85 bits per heavy atom. The zero-order valence-electron chi connectivity index (χ0n) is 7.75. The Morgan fingerprint density at radius 3 is 3.15 bits per heavy atom. The third-order valence-electron chi connectivity index (χ3n) is 1.79. The van der Waals surface area contributed by atoms with Crippen molar-refractivity contribution in [1.82, 2.24) is 10.6 Å². The molecule has 0 spiro atoms. The van der Waals surface area contributed by atoms with Gasteiger partial charge in [0.2, 0.25) is 5.91 Å². The first kappa shape index (κ1) is 10.8. The summed E-state index contributed by atoms with van der Waals surface area (Å²) in [5.41, 5.74) is 0. The minimum absolute atomic E-state index is 0.00694. The van der Waals surface area contributed by atoms with Gasteiger partial charge in [0, 0.05) is 25.4 Å². The van der Waals surface area contributed by atoms with E-state index in [0.29, 0.717) is 6.54 Å². The first-order valence-corrected chi connectivity index (χ1v) is 5.53. The molecule has 1 unspecified atom stereocenters. The Hall–Kier alpha value is -0.260. The largest absolute Gasteiger partial charge is 0.392 e. The summed E-state index contributed by atoms with van der Waals surface area (Å²) in [6.07, 6.45) is -0.467. The van der Waals surface area contributed by atoms with E-state index in [1.165, 1.54) is 0 Å². The predicted octanol–water partition coefficient (Wildman–Crippen LogP) is -0.812. The number of carbonyl (C=O) groups excluding carboxylic acids is 1. The number of hydrogen-bond donors (Lipinski definition) is 3. The van der Waals surface area contributed by atoms with Crippen LogP contribution in [0.1, 0.15) is 6.92 Å². The zero-order valence-corrected chi connectivity index (χ0v) is 8.56. The average Bonchev–Trinajstić information content (AvgIpc) is 2.15. The van der Waals surface area contributed by atoms with E-state index < -0.39 is 6.10 Å². The number of aliphatic hydroxyl groups is 1. The molecule has 4 nitrogen and oxygen atoms in total. The molecule has 1 saturated heterocycles. The Balaban J connectivity index is 2.21. The van der Waals surface area contributed by atoms with Gasteiger partial charge in [-0.3, -0.25) is 4.79 Å². The minimum Gasteiger partial charge on any atom is -0.392 e. The highest BCUT2D eigenvalue weighted by Crippen LogP contribution is 2.12. The average molecular weight is 204 g/mol. The number of rotatable bonds is 3. The van der Waals surface area contributed by atoms with Crippen LogP contribution in [0.2, 0.25) is 0 Å². The molecule has 1 aliphatic heterocycles. The van der Waals surface area contributed by atoms with Crippen molar-refractivity contribution < 1.29 is 9.90 Å². The fourth-order valence-electron chi connectivity index (χ4n) is 1.10. The number of thioether (sulfide) groups is 1. The van der Waals surface area contributed by atoms with Gasteiger partial charge in [-0.1, -0.05) is 0 Å². The van der Waals surface area contributed by atoms with Crippen LogP contribution < -0.4 is 10.6 Å². The van der Waals surface area contributed by atoms with E-state index in [0.717, 1.165) is 18.8 Å². The first-order valence-electron chi connectivity index (χ1n) is 4.48. The van der Waals surface area contributed by atoms with Gasteiger partial charge in [-0.25, -0.2) is 0 Å². The third-order valence-corrected chi connectivity index (χ3v) is 3.01. The predicted molar refractivity (Wildman–Crippen MR) is 53.8 cm³/mol. The highest BCUT2D eigenvalue weighted by atomic mass is 32.2. The van der Waals surface area contributed by atoms with E-state index in [1.807, 2.05) is 0 Å². The van der Waals surface area contributed by atoms with Gasteiger partial charge in [-0.15, -0.1) is 11.8 Å². The van der Waals surface area contributed by atoms with Crippen LogP contribution in [-0.2, 0) is 4.79 Å². The second-order valence-electron chi connectivity index (χ2n) is 3.16. The molecule has 1 heterocycles. The van der Waals surface area contributed by atoms with Gasteiger partial charge >= 0.3 is 0 Å². The quantitative estimate of drug-likeness (QED) is 0.562. The lowest BCUT2D eigenvalue weighted by atomic mass is 10.3. The molecule has 1 amide bonds. The van der Waals surface area contributed by atoms with Crippen LogP contribution >= 0.6 is 11.8 Å². The zero-order chi connectivity index (χ0) is 9.68. The third kappa shape index (κ3) is 3.97. The molecule has 3 N–H and O–H groups in total. The Morgan fingerprint density at radius 2 is 2.62 bits per heavy atom. The first-order chi connectivity index (χ1) is 6.20. The highest BCUT2D eigenvalue weighted by Gasteiger charge is 2.21.